The van der Waals surface area contributed by atoms with Crippen LogP contribution in [-0.2, 0) is 30.2 Å². The Morgan fingerprint density at radius 3 is 2.32 bits per heavy atom. The van der Waals surface area contributed by atoms with E-state index in [1.807, 2.05) is 36.4 Å². The number of benzene rings is 2. The first-order valence-electron chi connectivity index (χ1n) is 11.4. The number of hydrogen-bond donors (Lipinski definition) is 0. The molecule has 1 fully saturated rings. The van der Waals surface area contributed by atoms with Crippen LogP contribution in [0.4, 0.5) is 0 Å². The highest BCUT2D eigenvalue weighted by Gasteiger charge is 2.30. The van der Waals surface area contributed by atoms with Gasteiger partial charge in [-0.05, 0) is 69.0 Å². The van der Waals surface area contributed by atoms with Crippen LogP contribution >= 0.6 is 0 Å². The summed E-state index contributed by atoms with van der Waals surface area (Å²) >= 11 is 0. The smallest absolute Gasteiger partial charge is 0.311 e. The normalized spacial score (nSPS) is 15.5. The number of Topliss-reactive ketones (excluding diaryl/α,β-unsaturated/α-hetero) is 1. The van der Waals surface area contributed by atoms with Crippen LogP contribution in [0.3, 0.4) is 0 Å². The van der Waals surface area contributed by atoms with Crippen molar-refractivity contribution < 1.29 is 33.3 Å². The first-order valence-corrected chi connectivity index (χ1v) is 11.4. The molecular formula is C27H34O7. The lowest BCUT2D eigenvalue weighted by atomic mass is 9.90. The van der Waals surface area contributed by atoms with E-state index < -0.39 is 23.8 Å². The molecule has 1 atom stereocenters. The summed E-state index contributed by atoms with van der Waals surface area (Å²) in [6.45, 7) is 7.89. The molecule has 2 aromatic carbocycles. The SMILES string of the molecule is COc1ccc(-c2cccc(OC)c2C2OCCCO2)c(CC(OC(=O)C(C)(C)C)C(C)=O)c1. The second-order valence-electron chi connectivity index (χ2n) is 9.33. The van der Waals surface area contributed by atoms with Gasteiger partial charge in [-0.1, -0.05) is 18.2 Å². The van der Waals surface area contributed by atoms with Gasteiger partial charge in [0.2, 0.25) is 0 Å². The van der Waals surface area contributed by atoms with Crippen LogP contribution < -0.4 is 9.47 Å². The van der Waals surface area contributed by atoms with E-state index in [9.17, 15) is 9.59 Å². The van der Waals surface area contributed by atoms with E-state index in [2.05, 4.69) is 0 Å². The highest BCUT2D eigenvalue weighted by atomic mass is 16.7. The summed E-state index contributed by atoms with van der Waals surface area (Å²) in [5.41, 5.74) is 2.56. The van der Waals surface area contributed by atoms with Crippen LogP contribution in [0.25, 0.3) is 11.1 Å². The first kappa shape index (κ1) is 25.7. The minimum absolute atomic E-state index is 0.201. The Bertz CT molecular complexity index is 1020. The molecule has 1 saturated heterocycles. The topological polar surface area (TPSA) is 80.3 Å². The molecule has 184 valence electrons. The van der Waals surface area contributed by atoms with Crippen LogP contribution in [0.5, 0.6) is 11.5 Å². The minimum Gasteiger partial charge on any atom is -0.497 e. The van der Waals surface area contributed by atoms with Crippen molar-refractivity contribution in [3.8, 4) is 22.6 Å². The Balaban J connectivity index is 2.09. The van der Waals surface area contributed by atoms with Gasteiger partial charge in [-0.25, -0.2) is 0 Å². The summed E-state index contributed by atoms with van der Waals surface area (Å²) < 4.78 is 28.6. The number of esters is 1. The Labute approximate surface area is 201 Å². The van der Waals surface area contributed by atoms with E-state index in [1.54, 1.807) is 35.0 Å². The second kappa shape index (κ2) is 11.0. The van der Waals surface area contributed by atoms with Gasteiger partial charge in [-0.15, -0.1) is 0 Å². The lowest BCUT2D eigenvalue weighted by Gasteiger charge is -2.28. The molecule has 1 aliphatic heterocycles. The van der Waals surface area contributed by atoms with Crippen molar-refractivity contribution in [2.24, 2.45) is 5.41 Å². The van der Waals surface area contributed by atoms with Gasteiger partial charge in [-0.3, -0.25) is 9.59 Å². The van der Waals surface area contributed by atoms with E-state index in [4.69, 9.17) is 23.7 Å². The van der Waals surface area contributed by atoms with Gasteiger partial charge in [0.15, 0.2) is 18.2 Å². The van der Waals surface area contributed by atoms with Gasteiger partial charge in [0.1, 0.15) is 11.5 Å². The van der Waals surface area contributed by atoms with Crippen LogP contribution in [0.15, 0.2) is 36.4 Å². The highest BCUT2D eigenvalue weighted by Crippen LogP contribution is 2.41. The van der Waals surface area contributed by atoms with E-state index in [0.29, 0.717) is 24.7 Å². The summed E-state index contributed by atoms with van der Waals surface area (Å²) in [6.07, 6.45) is -0.466. The highest BCUT2D eigenvalue weighted by molar-refractivity contribution is 5.85. The van der Waals surface area contributed by atoms with Gasteiger partial charge in [0.05, 0.1) is 38.4 Å². The minimum atomic E-state index is -0.922. The first-order chi connectivity index (χ1) is 16.2. The number of methoxy groups -OCH3 is 2. The second-order valence-corrected chi connectivity index (χ2v) is 9.33. The Hall–Kier alpha value is -2.90. The van der Waals surface area contributed by atoms with Crippen LogP contribution in [0.1, 0.15) is 51.5 Å². The van der Waals surface area contributed by atoms with Crippen molar-refractivity contribution >= 4 is 11.8 Å². The molecule has 0 amide bonds. The fourth-order valence-corrected chi connectivity index (χ4v) is 3.76. The van der Waals surface area contributed by atoms with Crippen molar-refractivity contribution in [3.63, 3.8) is 0 Å². The van der Waals surface area contributed by atoms with Crippen molar-refractivity contribution in [2.75, 3.05) is 27.4 Å². The number of carbonyl (C=O) groups is 2. The Morgan fingerprint density at radius 2 is 1.74 bits per heavy atom. The summed E-state index contributed by atoms with van der Waals surface area (Å²) in [5.74, 6) is 0.630. The predicted octanol–water partition coefficient (Wildman–Crippen LogP) is 4.90. The van der Waals surface area contributed by atoms with Gasteiger partial charge >= 0.3 is 5.97 Å². The molecule has 7 nitrogen and oxygen atoms in total. The molecule has 3 rings (SSSR count). The van der Waals surface area contributed by atoms with Gasteiger partial charge in [0, 0.05) is 6.42 Å². The molecule has 0 bridgehead atoms. The van der Waals surface area contributed by atoms with Crippen LogP contribution in [-0.4, -0.2) is 45.3 Å². The van der Waals surface area contributed by atoms with Gasteiger partial charge in [0.25, 0.3) is 0 Å². The molecule has 0 aromatic heterocycles. The third-order valence-electron chi connectivity index (χ3n) is 5.67. The molecule has 1 heterocycles. The maximum atomic E-state index is 12.5. The molecule has 1 unspecified atom stereocenters. The summed E-state index contributed by atoms with van der Waals surface area (Å²) in [6, 6.07) is 11.4. The molecule has 0 radical (unpaired) electrons. The lowest BCUT2D eigenvalue weighted by molar-refractivity contribution is -0.183. The van der Waals surface area contributed by atoms with Gasteiger partial charge in [-0.2, -0.15) is 0 Å². The fraction of sp³-hybridized carbons (Fsp3) is 0.481. The molecule has 7 heteroatoms. The maximum Gasteiger partial charge on any atom is 0.311 e. The zero-order chi connectivity index (χ0) is 24.9. The van der Waals surface area contributed by atoms with Crippen LogP contribution in [0.2, 0.25) is 0 Å². The van der Waals surface area contributed by atoms with E-state index in [1.165, 1.54) is 6.92 Å². The monoisotopic (exact) mass is 470 g/mol. The summed E-state index contributed by atoms with van der Waals surface area (Å²) in [7, 11) is 3.19. The Morgan fingerprint density at radius 1 is 1.03 bits per heavy atom. The van der Waals surface area contributed by atoms with Crippen molar-refractivity contribution in [3.05, 3.63) is 47.5 Å². The number of rotatable bonds is 8. The van der Waals surface area contributed by atoms with E-state index in [0.717, 1.165) is 28.7 Å². The standard InChI is InChI=1S/C27H34O7/c1-17(28)23(34-26(29)27(2,3)4)16-18-15-19(30-5)11-12-20(18)21-9-7-10-22(31-6)24(21)25-32-13-8-14-33-25/h7,9-12,15,23,25H,8,13-14,16H2,1-6H3. The molecule has 34 heavy (non-hydrogen) atoms. The zero-order valence-electron chi connectivity index (χ0n) is 20.8. The summed E-state index contributed by atoms with van der Waals surface area (Å²) in [4.78, 5) is 25.0. The fourth-order valence-electron chi connectivity index (χ4n) is 3.76. The Kier molecular flexibility index (Phi) is 8.33. The maximum absolute atomic E-state index is 12.5. The van der Waals surface area contributed by atoms with Crippen molar-refractivity contribution in [1.29, 1.82) is 0 Å². The number of hydrogen-bond acceptors (Lipinski definition) is 7. The molecule has 0 saturated carbocycles. The third kappa shape index (κ3) is 5.96. The summed E-state index contributed by atoms with van der Waals surface area (Å²) in [5, 5.41) is 0. The number of carbonyl (C=O) groups excluding carboxylic acids is 2. The molecule has 0 N–H and O–H groups in total. The zero-order valence-corrected chi connectivity index (χ0v) is 20.8. The van der Waals surface area contributed by atoms with Crippen molar-refractivity contribution in [1.82, 2.24) is 0 Å². The lowest BCUT2D eigenvalue weighted by Crippen LogP contribution is -2.33. The number of ketones is 1. The number of ether oxygens (including phenoxy) is 5. The van der Waals surface area contributed by atoms with E-state index in [-0.39, 0.29) is 12.2 Å². The van der Waals surface area contributed by atoms with Crippen LogP contribution in [0, 0.1) is 5.41 Å². The molecular weight excluding hydrogens is 436 g/mol. The largest absolute Gasteiger partial charge is 0.497 e. The third-order valence-corrected chi connectivity index (χ3v) is 5.67. The average Bonchev–Trinajstić information content (AvgIpc) is 2.82. The molecule has 0 aliphatic carbocycles. The van der Waals surface area contributed by atoms with Crippen molar-refractivity contribution in [2.45, 2.75) is 52.9 Å². The average molecular weight is 471 g/mol. The molecule has 1 aliphatic rings. The molecule has 0 spiro atoms. The van der Waals surface area contributed by atoms with E-state index >= 15 is 0 Å². The van der Waals surface area contributed by atoms with Gasteiger partial charge < -0.3 is 23.7 Å². The molecule has 2 aromatic rings. The predicted molar refractivity (Wildman–Crippen MR) is 128 cm³/mol. The quantitative estimate of drug-likeness (QED) is 0.508.